The molecule has 2 aromatic carbocycles. The number of rotatable bonds is 16. The highest BCUT2D eigenvalue weighted by Gasteiger charge is 2.08. The molecule has 0 aliphatic rings. The van der Waals surface area contributed by atoms with E-state index in [1.807, 2.05) is 18.2 Å². The number of esters is 1. The van der Waals surface area contributed by atoms with E-state index in [1.165, 1.54) is 44.6 Å². The van der Waals surface area contributed by atoms with E-state index in [0.717, 1.165) is 43.2 Å². The Kier molecular flexibility index (Phi) is 12.5. The van der Waals surface area contributed by atoms with Gasteiger partial charge in [0, 0.05) is 6.42 Å². The maximum Gasteiger partial charge on any atom is 0.311 e. The van der Waals surface area contributed by atoms with E-state index in [4.69, 9.17) is 9.47 Å². The van der Waals surface area contributed by atoms with Gasteiger partial charge in [0.2, 0.25) is 0 Å². The Labute approximate surface area is 193 Å². The topological polar surface area (TPSA) is 35.5 Å². The summed E-state index contributed by atoms with van der Waals surface area (Å²) in [4.78, 5) is 12.0. The van der Waals surface area contributed by atoms with Crippen molar-refractivity contribution in [1.29, 1.82) is 0 Å². The lowest BCUT2D eigenvalue weighted by molar-refractivity contribution is -0.134. The second kappa shape index (κ2) is 15.4. The van der Waals surface area contributed by atoms with E-state index >= 15 is 0 Å². The molecule has 0 aliphatic heterocycles. The first kappa shape index (κ1) is 25.9. The lowest BCUT2D eigenvalue weighted by atomic mass is 10.1. The molecule has 0 unspecified atom stereocenters. The zero-order valence-electron chi connectivity index (χ0n) is 19.8. The molecule has 2 aromatic rings. The smallest absolute Gasteiger partial charge is 0.311 e. The van der Waals surface area contributed by atoms with Crippen LogP contribution < -0.4 is 9.47 Å². The van der Waals surface area contributed by atoms with E-state index < -0.39 is 0 Å². The van der Waals surface area contributed by atoms with Crippen molar-refractivity contribution in [3.63, 3.8) is 0 Å². The summed E-state index contributed by atoms with van der Waals surface area (Å²) in [6.45, 7) is 4.92. The van der Waals surface area contributed by atoms with Gasteiger partial charge in [0.25, 0.3) is 0 Å². The largest absolute Gasteiger partial charge is 0.491 e. The molecule has 0 N–H and O–H groups in total. The van der Waals surface area contributed by atoms with Crippen molar-refractivity contribution in [1.82, 2.24) is 0 Å². The van der Waals surface area contributed by atoms with Crippen LogP contribution in [0.3, 0.4) is 0 Å². The van der Waals surface area contributed by atoms with E-state index in [2.05, 4.69) is 13.8 Å². The molecule has 0 saturated carbocycles. The number of hydrogen-bond acceptors (Lipinski definition) is 3. The van der Waals surface area contributed by atoms with Crippen molar-refractivity contribution in [3.8, 4) is 22.6 Å². The van der Waals surface area contributed by atoms with Crippen LogP contribution in [0.4, 0.5) is 4.39 Å². The van der Waals surface area contributed by atoms with Crippen LogP contribution in [-0.2, 0) is 4.79 Å². The number of halogens is 1. The number of unbranched alkanes of at least 4 members (excludes halogenated alkanes) is 9. The predicted octanol–water partition coefficient (Wildman–Crippen LogP) is 8.50. The van der Waals surface area contributed by atoms with Crippen LogP contribution in [0.1, 0.15) is 90.9 Å². The van der Waals surface area contributed by atoms with Gasteiger partial charge in [-0.2, -0.15) is 0 Å². The van der Waals surface area contributed by atoms with Gasteiger partial charge in [0.05, 0.1) is 6.61 Å². The molecule has 0 atom stereocenters. The Morgan fingerprint density at radius 3 is 2.00 bits per heavy atom. The van der Waals surface area contributed by atoms with Crippen molar-refractivity contribution in [3.05, 3.63) is 48.3 Å². The van der Waals surface area contributed by atoms with Crippen molar-refractivity contribution < 1.29 is 18.7 Å². The number of benzene rings is 2. The molecular formula is C28H39FO3. The van der Waals surface area contributed by atoms with Crippen LogP contribution in [0.2, 0.25) is 0 Å². The molecule has 3 nitrogen and oxygen atoms in total. The third-order valence-electron chi connectivity index (χ3n) is 5.59. The van der Waals surface area contributed by atoms with Crippen molar-refractivity contribution in [2.45, 2.75) is 90.9 Å². The van der Waals surface area contributed by atoms with Gasteiger partial charge in [-0.15, -0.1) is 0 Å². The zero-order valence-corrected chi connectivity index (χ0v) is 19.8. The summed E-state index contributed by atoms with van der Waals surface area (Å²) < 4.78 is 25.5. The lowest BCUT2D eigenvalue weighted by Crippen LogP contribution is -2.07. The molecule has 0 aromatic heterocycles. The molecule has 0 bridgehead atoms. The fourth-order valence-corrected chi connectivity index (χ4v) is 3.63. The van der Waals surface area contributed by atoms with Gasteiger partial charge in [-0.05, 0) is 48.2 Å². The Morgan fingerprint density at radius 1 is 0.750 bits per heavy atom. The Balaban J connectivity index is 1.78. The monoisotopic (exact) mass is 442 g/mol. The van der Waals surface area contributed by atoms with Crippen LogP contribution in [0.15, 0.2) is 42.5 Å². The van der Waals surface area contributed by atoms with Crippen molar-refractivity contribution in [2.24, 2.45) is 0 Å². The minimum atomic E-state index is -0.355. The molecular weight excluding hydrogens is 403 g/mol. The van der Waals surface area contributed by atoms with Crippen LogP contribution >= 0.6 is 0 Å². The molecule has 0 heterocycles. The second-order valence-electron chi connectivity index (χ2n) is 8.42. The lowest BCUT2D eigenvalue weighted by Gasteiger charge is -2.10. The third-order valence-corrected chi connectivity index (χ3v) is 5.59. The van der Waals surface area contributed by atoms with Gasteiger partial charge in [-0.25, -0.2) is 4.39 Å². The highest BCUT2D eigenvalue weighted by Crippen LogP contribution is 2.27. The average molecular weight is 443 g/mol. The maximum atomic E-state index is 14.5. The minimum Gasteiger partial charge on any atom is -0.491 e. The van der Waals surface area contributed by atoms with Gasteiger partial charge < -0.3 is 9.47 Å². The number of carbonyl (C=O) groups excluding carboxylic acids is 1. The van der Waals surface area contributed by atoms with Gasteiger partial charge >= 0.3 is 5.97 Å². The van der Waals surface area contributed by atoms with Crippen LogP contribution in [0.25, 0.3) is 11.1 Å². The Morgan fingerprint density at radius 2 is 1.34 bits per heavy atom. The van der Waals surface area contributed by atoms with E-state index in [1.54, 1.807) is 18.2 Å². The first-order valence-electron chi connectivity index (χ1n) is 12.4. The van der Waals surface area contributed by atoms with E-state index in [0.29, 0.717) is 24.5 Å². The third kappa shape index (κ3) is 9.84. The fraction of sp³-hybridized carbons (Fsp3) is 0.536. The molecule has 32 heavy (non-hydrogen) atoms. The molecule has 0 aliphatic carbocycles. The summed E-state index contributed by atoms with van der Waals surface area (Å²) in [6.07, 6.45) is 13.0. The fourth-order valence-electron chi connectivity index (χ4n) is 3.63. The normalized spacial score (nSPS) is 10.8. The number of carbonyl (C=O) groups is 1. The summed E-state index contributed by atoms with van der Waals surface area (Å²) in [7, 11) is 0. The number of hydrogen-bond donors (Lipinski definition) is 0. The van der Waals surface area contributed by atoms with Gasteiger partial charge in [-0.1, -0.05) is 89.8 Å². The zero-order chi connectivity index (χ0) is 23.0. The van der Waals surface area contributed by atoms with E-state index in [9.17, 15) is 9.18 Å². The standard InChI is InChI=1S/C28H39FO3/c1-3-5-7-9-11-13-21-31-27-20-17-24(22-26(27)29)23-15-18-25(19-16-23)32-28(30)14-12-10-8-6-4-2/h15-20,22H,3-14,21H2,1-2H3. The molecule has 0 fully saturated rings. The molecule has 0 amide bonds. The van der Waals surface area contributed by atoms with Crippen LogP contribution in [0, 0.1) is 5.82 Å². The highest BCUT2D eigenvalue weighted by molar-refractivity contribution is 5.73. The van der Waals surface area contributed by atoms with Gasteiger partial charge in [0.1, 0.15) is 5.75 Å². The SMILES string of the molecule is CCCCCCCCOc1ccc(-c2ccc(OC(=O)CCCCCCC)cc2)cc1F. The first-order chi connectivity index (χ1) is 15.6. The molecule has 0 spiro atoms. The maximum absolute atomic E-state index is 14.5. The summed E-state index contributed by atoms with van der Waals surface area (Å²) in [6, 6.07) is 12.2. The molecule has 0 radical (unpaired) electrons. The minimum absolute atomic E-state index is 0.202. The van der Waals surface area contributed by atoms with Crippen molar-refractivity contribution >= 4 is 5.97 Å². The molecule has 0 saturated heterocycles. The predicted molar refractivity (Wildman–Crippen MR) is 130 cm³/mol. The second-order valence-corrected chi connectivity index (χ2v) is 8.42. The van der Waals surface area contributed by atoms with Crippen LogP contribution in [-0.4, -0.2) is 12.6 Å². The average Bonchev–Trinajstić information content (AvgIpc) is 2.80. The molecule has 4 heteroatoms. The van der Waals surface area contributed by atoms with Crippen LogP contribution in [0.5, 0.6) is 11.5 Å². The summed E-state index contributed by atoms with van der Waals surface area (Å²) in [5, 5.41) is 0. The molecule has 176 valence electrons. The van der Waals surface area contributed by atoms with E-state index in [-0.39, 0.29) is 11.8 Å². The Hall–Kier alpha value is -2.36. The summed E-state index contributed by atoms with van der Waals surface area (Å²) in [5.74, 6) is 0.262. The van der Waals surface area contributed by atoms with Gasteiger partial charge in [-0.3, -0.25) is 4.79 Å². The quantitative estimate of drug-likeness (QED) is 0.148. The summed E-state index contributed by atoms with van der Waals surface area (Å²) >= 11 is 0. The summed E-state index contributed by atoms with van der Waals surface area (Å²) in [5.41, 5.74) is 1.63. The number of ether oxygens (including phenoxy) is 2. The highest BCUT2D eigenvalue weighted by atomic mass is 19.1. The van der Waals surface area contributed by atoms with Gasteiger partial charge in [0.15, 0.2) is 11.6 Å². The first-order valence-corrected chi connectivity index (χ1v) is 12.4. The Bertz CT molecular complexity index is 786. The molecule has 2 rings (SSSR count). The van der Waals surface area contributed by atoms with Crippen molar-refractivity contribution in [2.75, 3.05) is 6.61 Å².